The van der Waals surface area contributed by atoms with Crippen LogP contribution in [0.15, 0.2) is 21.7 Å². The summed E-state index contributed by atoms with van der Waals surface area (Å²) in [6.07, 6.45) is 0. The molecule has 0 aliphatic heterocycles. The van der Waals surface area contributed by atoms with E-state index in [1.54, 1.807) is 11.3 Å². The normalized spacial score (nSPS) is 13.7. The number of hydrogen-bond donors (Lipinski definition) is 1. The Hall–Kier alpha value is 0.01000. The monoisotopic (exact) mass is 201 g/mol. The number of thiophene rings is 1. The summed E-state index contributed by atoms with van der Waals surface area (Å²) in [5, 5.41) is 2.67. The van der Waals surface area contributed by atoms with Gasteiger partial charge in [-0.1, -0.05) is 19.9 Å². The van der Waals surface area contributed by atoms with Crippen molar-refractivity contribution in [1.82, 2.24) is 0 Å². The molecule has 0 saturated heterocycles. The molecule has 0 fully saturated rings. The molecule has 1 atom stereocenters. The van der Waals surface area contributed by atoms with Gasteiger partial charge in [-0.05, 0) is 17.4 Å². The van der Waals surface area contributed by atoms with Crippen LogP contribution < -0.4 is 5.73 Å². The van der Waals surface area contributed by atoms with E-state index in [4.69, 9.17) is 5.73 Å². The van der Waals surface area contributed by atoms with E-state index in [2.05, 4.69) is 31.4 Å². The summed E-state index contributed by atoms with van der Waals surface area (Å²) in [6, 6.07) is 4.24. The van der Waals surface area contributed by atoms with Crippen molar-refractivity contribution in [2.45, 2.75) is 23.3 Å². The van der Waals surface area contributed by atoms with Crippen molar-refractivity contribution < 1.29 is 0 Å². The van der Waals surface area contributed by atoms with Crippen LogP contribution in [0, 0.1) is 5.92 Å². The van der Waals surface area contributed by atoms with Gasteiger partial charge in [0.05, 0.1) is 4.21 Å². The lowest BCUT2D eigenvalue weighted by molar-refractivity contribution is 0.613. The Morgan fingerprint density at radius 2 is 2.33 bits per heavy atom. The molecule has 1 nitrogen and oxygen atoms in total. The Labute approximate surface area is 82.4 Å². The average Bonchev–Trinajstić information content (AvgIpc) is 2.51. The van der Waals surface area contributed by atoms with Crippen LogP contribution in [0.2, 0.25) is 0 Å². The average molecular weight is 201 g/mol. The molecule has 0 aliphatic rings. The van der Waals surface area contributed by atoms with E-state index in [9.17, 15) is 0 Å². The fraction of sp³-hybridized carbons (Fsp3) is 0.556. The van der Waals surface area contributed by atoms with Gasteiger partial charge in [-0.15, -0.1) is 23.1 Å². The standard InChI is InChI=1S/C9H15NS2/c1-7(2)8(6-10)12-9-4-3-5-11-9/h3-5,7-8H,6,10H2,1-2H3. The first-order chi connectivity index (χ1) is 5.74. The van der Waals surface area contributed by atoms with Crippen molar-refractivity contribution in [2.75, 3.05) is 6.54 Å². The summed E-state index contributed by atoms with van der Waals surface area (Å²) in [6.45, 7) is 5.20. The summed E-state index contributed by atoms with van der Waals surface area (Å²) in [7, 11) is 0. The molecule has 2 N–H and O–H groups in total. The fourth-order valence-electron chi connectivity index (χ4n) is 0.936. The van der Waals surface area contributed by atoms with Gasteiger partial charge < -0.3 is 5.73 Å². The fourth-order valence-corrected chi connectivity index (χ4v) is 2.97. The van der Waals surface area contributed by atoms with Crippen LogP contribution in [0.5, 0.6) is 0 Å². The van der Waals surface area contributed by atoms with Crippen LogP contribution in [0.4, 0.5) is 0 Å². The van der Waals surface area contributed by atoms with E-state index >= 15 is 0 Å². The Morgan fingerprint density at radius 1 is 1.58 bits per heavy atom. The van der Waals surface area contributed by atoms with Gasteiger partial charge in [0, 0.05) is 11.8 Å². The Bertz CT molecular complexity index is 206. The molecule has 1 aromatic heterocycles. The smallest absolute Gasteiger partial charge is 0.0601 e. The molecule has 0 amide bonds. The molecule has 1 aromatic rings. The molecule has 12 heavy (non-hydrogen) atoms. The van der Waals surface area contributed by atoms with Gasteiger partial charge in [-0.2, -0.15) is 0 Å². The Kier molecular flexibility index (Phi) is 4.12. The molecule has 0 aromatic carbocycles. The molecule has 0 aliphatic carbocycles. The summed E-state index contributed by atoms with van der Waals surface area (Å²) in [5.41, 5.74) is 5.67. The minimum atomic E-state index is 0.559. The van der Waals surface area contributed by atoms with Crippen molar-refractivity contribution in [3.63, 3.8) is 0 Å². The zero-order valence-electron chi connectivity index (χ0n) is 7.49. The highest BCUT2D eigenvalue weighted by Gasteiger charge is 2.12. The first-order valence-electron chi connectivity index (χ1n) is 4.14. The zero-order valence-corrected chi connectivity index (χ0v) is 9.12. The first kappa shape index (κ1) is 10.1. The number of rotatable bonds is 4. The highest BCUT2D eigenvalue weighted by Crippen LogP contribution is 2.30. The summed E-state index contributed by atoms with van der Waals surface area (Å²) in [4.78, 5) is 0. The van der Waals surface area contributed by atoms with Crippen LogP contribution in [-0.2, 0) is 0 Å². The molecule has 0 spiro atoms. The molecule has 68 valence electrons. The lowest BCUT2D eigenvalue weighted by Crippen LogP contribution is -2.21. The summed E-state index contributed by atoms with van der Waals surface area (Å²) < 4.78 is 1.37. The van der Waals surface area contributed by atoms with Crippen LogP contribution in [0.25, 0.3) is 0 Å². The Balaban J connectivity index is 2.48. The maximum absolute atomic E-state index is 5.67. The maximum Gasteiger partial charge on any atom is 0.0601 e. The molecule has 1 heterocycles. The van der Waals surface area contributed by atoms with Gasteiger partial charge in [-0.25, -0.2) is 0 Å². The third-order valence-corrected chi connectivity index (χ3v) is 4.39. The van der Waals surface area contributed by atoms with Crippen LogP contribution in [0.3, 0.4) is 0 Å². The third-order valence-electron chi connectivity index (χ3n) is 1.74. The van der Waals surface area contributed by atoms with Gasteiger partial charge in [-0.3, -0.25) is 0 Å². The molecule has 0 bridgehead atoms. The van der Waals surface area contributed by atoms with Crippen molar-refractivity contribution in [3.05, 3.63) is 17.5 Å². The van der Waals surface area contributed by atoms with E-state index in [0.29, 0.717) is 11.2 Å². The minimum absolute atomic E-state index is 0.559. The second-order valence-corrected chi connectivity index (χ2v) is 5.56. The van der Waals surface area contributed by atoms with Crippen molar-refractivity contribution in [2.24, 2.45) is 11.7 Å². The van der Waals surface area contributed by atoms with Gasteiger partial charge in [0.15, 0.2) is 0 Å². The molecule has 0 saturated carbocycles. The van der Waals surface area contributed by atoms with Gasteiger partial charge >= 0.3 is 0 Å². The number of thioether (sulfide) groups is 1. The maximum atomic E-state index is 5.67. The van der Waals surface area contributed by atoms with Crippen LogP contribution >= 0.6 is 23.1 Å². The highest BCUT2D eigenvalue weighted by atomic mass is 32.2. The third kappa shape index (κ3) is 2.81. The van der Waals surface area contributed by atoms with Crippen molar-refractivity contribution in [3.8, 4) is 0 Å². The topological polar surface area (TPSA) is 26.0 Å². The lowest BCUT2D eigenvalue weighted by Gasteiger charge is -2.16. The van der Waals surface area contributed by atoms with Crippen molar-refractivity contribution in [1.29, 1.82) is 0 Å². The minimum Gasteiger partial charge on any atom is -0.329 e. The van der Waals surface area contributed by atoms with E-state index in [0.717, 1.165) is 6.54 Å². The predicted octanol–water partition coefficient (Wildman–Crippen LogP) is 2.82. The van der Waals surface area contributed by atoms with Crippen LogP contribution in [-0.4, -0.2) is 11.8 Å². The Morgan fingerprint density at radius 3 is 2.75 bits per heavy atom. The number of nitrogens with two attached hydrogens (primary N) is 1. The summed E-state index contributed by atoms with van der Waals surface area (Å²) in [5.74, 6) is 0.655. The first-order valence-corrected chi connectivity index (χ1v) is 5.90. The molecule has 1 rings (SSSR count). The number of hydrogen-bond acceptors (Lipinski definition) is 3. The van der Waals surface area contributed by atoms with Gasteiger partial charge in [0.25, 0.3) is 0 Å². The SMILES string of the molecule is CC(C)C(CN)Sc1cccs1. The second kappa shape index (κ2) is 4.90. The lowest BCUT2D eigenvalue weighted by atomic mass is 10.1. The molecular formula is C9H15NS2. The van der Waals surface area contributed by atoms with Crippen LogP contribution in [0.1, 0.15) is 13.8 Å². The van der Waals surface area contributed by atoms with E-state index in [1.165, 1.54) is 4.21 Å². The van der Waals surface area contributed by atoms with Gasteiger partial charge in [0.1, 0.15) is 0 Å². The molecular weight excluding hydrogens is 186 g/mol. The molecule has 3 heteroatoms. The second-order valence-electron chi connectivity index (χ2n) is 3.07. The van der Waals surface area contributed by atoms with Gasteiger partial charge in [0.2, 0.25) is 0 Å². The quantitative estimate of drug-likeness (QED) is 0.758. The largest absolute Gasteiger partial charge is 0.329 e. The summed E-state index contributed by atoms with van der Waals surface area (Å²) >= 11 is 3.69. The van der Waals surface area contributed by atoms with E-state index in [1.807, 2.05) is 11.8 Å². The predicted molar refractivity (Wildman–Crippen MR) is 57.9 cm³/mol. The van der Waals surface area contributed by atoms with Crippen molar-refractivity contribution >= 4 is 23.1 Å². The highest BCUT2D eigenvalue weighted by molar-refractivity contribution is 8.01. The van der Waals surface area contributed by atoms with E-state index < -0.39 is 0 Å². The van der Waals surface area contributed by atoms with E-state index in [-0.39, 0.29) is 0 Å². The zero-order chi connectivity index (χ0) is 8.97. The molecule has 1 unspecified atom stereocenters. The molecule has 0 radical (unpaired) electrons.